The normalized spacial score (nSPS) is 10.9. The lowest BCUT2D eigenvalue weighted by Gasteiger charge is -2.15. The van der Waals surface area contributed by atoms with Crippen molar-refractivity contribution >= 4 is 11.6 Å². The number of amides is 1. The number of hydrogen-bond donors (Lipinski definition) is 1. The van der Waals surface area contributed by atoms with Crippen LogP contribution in [0.2, 0.25) is 0 Å². The van der Waals surface area contributed by atoms with Gasteiger partial charge in [-0.1, -0.05) is 29.4 Å². The first-order chi connectivity index (χ1) is 13.5. The van der Waals surface area contributed by atoms with E-state index in [-0.39, 0.29) is 12.5 Å². The van der Waals surface area contributed by atoms with Gasteiger partial charge in [-0.25, -0.2) is 0 Å². The average molecular weight is 380 g/mol. The van der Waals surface area contributed by atoms with Crippen LogP contribution in [0.4, 0.5) is 5.69 Å². The highest BCUT2D eigenvalue weighted by Gasteiger charge is 2.14. The number of benzene rings is 2. The number of carbonyl (C=O) groups excluding carboxylic acids is 1. The van der Waals surface area contributed by atoms with Crippen LogP contribution in [0.3, 0.4) is 0 Å². The van der Waals surface area contributed by atoms with Gasteiger partial charge in [0, 0.05) is 11.3 Å². The number of hydrogen-bond acceptors (Lipinski definition) is 6. The number of nitrogens with one attached hydrogen (secondary N) is 1. The molecule has 0 bridgehead atoms. The molecule has 3 aromatic rings. The number of ether oxygens (including phenoxy) is 1. The maximum Gasteiger partial charge on any atom is 0.241 e. The van der Waals surface area contributed by atoms with Gasteiger partial charge in [0.05, 0.1) is 20.2 Å². The van der Waals surface area contributed by atoms with Crippen LogP contribution in [-0.2, 0) is 11.3 Å². The molecular formula is C21H24N4O3. The van der Waals surface area contributed by atoms with E-state index in [1.165, 1.54) is 0 Å². The van der Waals surface area contributed by atoms with Crippen LogP contribution in [0.15, 0.2) is 47.0 Å². The van der Waals surface area contributed by atoms with Gasteiger partial charge < -0.3 is 14.6 Å². The molecule has 0 aliphatic rings. The van der Waals surface area contributed by atoms with Crippen molar-refractivity contribution in [1.82, 2.24) is 15.0 Å². The summed E-state index contributed by atoms with van der Waals surface area (Å²) in [5.74, 6) is 1.56. The molecular weight excluding hydrogens is 356 g/mol. The van der Waals surface area contributed by atoms with Gasteiger partial charge >= 0.3 is 0 Å². The smallest absolute Gasteiger partial charge is 0.241 e. The molecule has 0 unspecified atom stereocenters. The Kier molecular flexibility index (Phi) is 6.06. The largest absolute Gasteiger partial charge is 0.497 e. The maximum atomic E-state index is 12.3. The highest BCUT2D eigenvalue weighted by atomic mass is 16.5. The van der Waals surface area contributed by atoms with Gasteiger partial charge in [0.1, 0.15) is 5.75 Å². The lowest BCUT2D eigenvalue weighted by Crippen LogP contribution is -2.30. The van der Waals surface area contributed by atoms with E-state index in [0.717, 1.165) is 28.1 Å². The summed E-state index contributed by atoms with van der Waals surface area (Å²) in [7, 11) is 3.44. The van der Waals surface area contributed by atoms with Gasteiger partial charge in [-0.3, -0.25) is 9.69 Å². The van der Waals surface area contributed by atoms with Crippen molar-refractivity contribution in [2.24, 2.45) is 0 Å². The minimum Gasteiger partial charge on any atom is -0.497 e. The Morgan fingerprint density at radius 3 is 2.79 bits per heavy atom. The first-order valence-electron chi connectivity index (χ1n) is 8.98. The number of likely N-dealkylation sites (N-methyl/N-ethyl adjacent to an activating group) is 1. The number of methoxy groups -OCH3 is 1. The fourth-order valence-corrected chi connectivity index (χ4v) is 2.81. The second-order valence-corrected chi connectivity index (χ2v) is 6.71. The van der Waals surface area contributed by atoms with Gasteiger partial charge in [0.15, 0.2) is 0 Å². The summed E-state index contributed by atoms with van der Waals surface area (Å²) in [4.78, 5) is 18.6. The molecule has 0 aliphatic carbocycles. The number of nitrogens with zero attached hydrogens (tertiary/aromatic N) is 3. The molecule has 0 spiro atoms. The number of carbonyl (C=O) groups is 1. The first-order valence-corrected chi connectivity index (χ1v) is 8.98. The van der Waals surface area contributed by atoms with Crippen molar-refractivity contribution in [3.8, 4) is 17.1 Å². The second kappa shape index (κ2) is 8.67. The third kappa shape index (κ3) is 4.75. The zero-order valence-electron chi connectivity index (χ0n) is 16.5. The summed E-state index contributed by atoms with van der Waals surface area (Å²) < 4.78 is 10.5. The van der Waals surface area contributed by atoms with E-state index in [0.29, 0.717) is 18.3 Å². The minimum atomic E-state index is -0.0938. The lowest BCUT2D eigenvalue weighted by molar-refractivity contribution is -0.117. The molecule has 0 aliphatic heterocycles. The second-order valence-electron chi connectivity index (χ2n) is 6.71. The van der Waals surface area contributed by atoms with Crippen LogP contribution in [0.25, 0.3) is 11.4 Å². The van der Waals surface area contributed by atoms with E-state index in [1.807, 2.05) is 68.3 Å². The van der Waals surface area contributed by atoms with E-state index >= 15 is 0 Å². The number of rotatable bonds is 7. The van der Waals surface area contributed by atoms with Gasteiger partial charge in [0.25, 0.3) is 0 Å². The molecule has 0 fully saturated rings. The fraction of sp³-hybridized carbons (Fsp3) is 0.286. The zero-order chi connectivity index (χ0) is 20.1. The van der Waals surface area contributed by atoms with Crippen molar-refractivity contribution < 1.29 is 14.1 Å². The molecule has 2 aromatic carbocycles. The number of aryl methyl sites for hydroxylation is 1. The van der Waals surface area contributed by atoms with E-state index in [9.17, 15) is 4.79 Å². The van der Waals surface area contributed by atoms with Crippen LogP contribution in [0, 0.1) is 13.8 Å². The molecule has 0 atom stereocenters. The molecule has 0 radical (unpaired) electrons. The van der Waals surface area contributed by atoms with Crippen molar-refractivity contribution in [2.75, 3.05) is 26.0 Å². The third-order valence-electron chi connectivity index (χ3n) is 4.49. The van der Waals surface area contributed by atoms with Crippen LogP contribution in [-0.4, -0.2) is 41.6 Å². The molecule has 0 saturated carbocycles. The summed E-state index contributed by atoms with van der Waals surface area (Å²) in [6, 6.07) is 13.3. The minimum absolute atomic E-state index is 0.0938. The highest BCUT2D eigenvalue weighted by Crippen LogP contribution is 2.21. The molecule has 7 nitrogen and oxygen atoms in total. The van der Waals surface area contributed by atoms with Crippen LogP contribution >= 0.6 is 0 Å². The molecule has 28 heavy (non-hydrogen) atoms. The quantitative estimate of drug-likeness (QED) is 0.676. The lowest BCUT2D eigenvalue weighted by atomic mass is 10.1. The van der Waals surface area contributed by atoms with E-state index in [1.54, 1.807) is 7.11 Å². The Balaban J connectivity index is 1.59. The summed E-state index contributed by atoms with van der Waals surface area (Å²) in [5.41, 5.74) is 3.85. The first kappa shape index (κ1) is 19.6. The molecule has 3 rings (SSSR count). The van der Waals surface area contributed by atoms with Crippen molar-refractivity contribution in [3.63, 3.8) is 0 Å². The van der Waals surface area contributed by atoms with E-state index in [2.05, 4.69) is 15.5 Å². The molecule has 1 heterocycles. The standard InChI is InChI=1S/C21H24N4O3/c1-14-7-5-10-18(15(14)2)22-19(26)12-25(3)13-20-23-21(24-28-20)16-8-6-9-17(11-16)27-4/h5-11H,12-13H2,1-4H3,(H,22,26). The molecule has 1 amide bonds. The van der Waals surface area contributed by atoms with Crippen molar-refractivity contribution in [3.05, 3.63) is 59.5 Å². The number of anilines is 1. The Labute approximate surface area is 164 Å². The predicted octanol–water partition coefficient (Wildman–Crippen LogP) is 3.43. The van der Waals surface area contributed by atoms with Gasteiger partial charge in [-0.2, -0.15) is 4.98 Å². The Bertz CT molecular complexity index is 968. The Hall–Kier alpha value is -3.19. The maximum absolute atomic E-state index is 12.3. The van der Waals surface area contributed by atoms with E-state index < -0.39 is 0 Å². The van der Waals surface area contributed by atoms with Crippen LogP contribution in [0.1, 0.15) is 17.0 Å². The van der Waals surface area contributed by atoms with Crippen molar-refractivity contribution in [2.45, 2.75) is 20.4 Å². The highest BCUT2D eigenvalue weighted by molar-refractivity contribution is 5.93. The van der Waals surface area contributed by atoms with Gasteiger partial charge in [0.2, 0.25) is 17.6 Å². The van der Waals surface area contributed by atoms with Gasteiger partial charge in [-0.05, 0) is 50.2 Å². The summed E-state index contributed by atoms with van der Waals surface area (Å²) >= 11 is 0. The third-order valence-corrected chi connectivity index (χ3v) is 4.49. The molecule has 1 N–H and O–H groups in total. The Morgan fingerprint density at radius 1 is 1.21 bits per heavy atom. The van der Waals surface area contributed by atoms with Gasteiger partial charge in [-0.15, -0.1) is 0 Å². The molecule has 0 saturated heterocycles. The number of aromatic nitrogens is 2. The topological polar surface area (TPSA) is 80.5 Å². The van der Waals surface area contributed by atoms with Crippen LogP contribution in [0.5, 0.6) is 5.75 Å². The molecule has 1 aromatic heterocycles. The zero-order valence-corrected chi connectivity index (χ0v) is 16.5. The Morgan fingerprint density at radius 2 is 2.00 bits per heavy atom. The summed E-state index contributed by atoms with van der Waals surface area (Å²) in [6.45, 7) is 4.60. The average Bonchev–Trinajstić information content (AvgIpc) is 3.13. The monoisotopic (exact) mass is 380 g/mol. The summed E-state index contributed by atoms with van der Waals surface area (Å²) in [6.07, 6.45) is 0. The van der Waals surface area contributed by atoms with E-state index in [4.69, 9.17) is 9.26 Å². The summed E-state index contributed by atoms with van der Waals surface area (Å²) in [5, 5.41) is 6.96. The molecule has 146 valence electrons. The van der Waals surface area contributed by atoms with Crippen LogP contribution < -0.4 is 10.1 Å². The van der Waals surface area contributed by atoms with Crippen molar-refractivity contribution in [1.29, 1.82) is 0 Å². The SMILES string of the molecule is COc1cccc(-c2noc(CN(C)CC(=O)Nc3cccc(C)c3C)n2)c1. The fourth-order valence-electron chi connectivity index (χ4n) is 2.81. The molecule has 7 heteroatoms. The predicted molar refractivity (Wildman–Crippen MR) is 107 cm³/mol.